The monoisotopic (exact) mass is 258 g/mol. The van der Waals surface area contributed by atoms with Crippen LogP contribution in [-0.4, -0.2) is 75.2 Å². The van der Waals surface area contributed by atoms with Crippen molar-refractivity contribution in [3.63, 3.8) is 0 Å². The van der Waals surface area contributed by atoms with Gasteiger partial charge in [-0.25, -0.2) is 0 Å². The van der Waals surface area contributed by atoms with Gasteiger partial charge in [-0.2, -0.15) is 0 Å². The van der Waals surface area contributed by atoms with E-state index in [-0.39, 0.29) is 24.7 Å². The fourth-order valence-electron chi connectivity index (χ4n) is 1.74. The molecule has 0 radical (unpaired) electrons. The number of rotatable bonds is 6. The first-order valence-electron chi connectivity index (χ1n) is 6.24. The molecule has 6 nitrogen and oxygen atoms in total. The Morgan fingerprint density at radius 2 is 1.94 bits per heavy atom. The van der Waals surface area contributed by atoms with Crippen LogP contribution in [0.5, 0.6) is 0 Å². The Balaban J connectivity index is 2.16. The molecular weight excluding hydrogens is 236 g/mol. The average molecular weight is 258 g/mol. The lowest BCUT2D eigenvalue weighted by Crippen LogP contribution is -2.41. The molecule has 0 aromatic heterocycles. The maximum atomic E-state index is 11.7. The molecule has 1 aliphatic rings. The topological polar surface area (TPSA) is 59.1 Å². The SMILES string of the molecule is COC(=O)CCC(=O)N(C)CCN1CCOCC1. The molecule has 1 fully saturated rings. The van der Waals surface area contributed by atoms with E-state index in [1.807, 2.05) is 0 Å². The van der Waals surface area contributed by atoms with Crippen LogP contribution in [0.3, 0.4) is 0 Å². The Morgan fingerprint density at radius 3 is 2.56 bits per heavy atom. The van der Waals surface area contributed by atoms with Crippen molar-refractivity contribution in [2.75, 3.05) is 53.6 Å². The second kappa shape index (κ2) is 8.05. The van der Waals surface area contributed by atoms with Crippen molar-refractivity contribution in [3.05, 3.63) is 0 Å². The van der Waals surface area contributed by atoms with E-state index in [4.69, 9.17) is 4.74 Å². The Hall–Kier alpha value is -1.14. The summed E-state index contributed by atoms with van der Waals surface area (Å²) in [7, 11) is 3.09. The largest absolute Gasteiger partial charge is 0.469 e. The first-order valence-corrected chi connectivity index (χ1v) is 6.24. The molecule has 18 heavy (non-hydrogen) atoms. The van der Waals surface area contributed by atoms with Crippen molar-refractivity contribution < 1.29 is 19.1 Å². The third-order valence-corrected chi connectivity index (χ3v) is 3.05. The van der Waals surface area contributed by atoms with Gasteiger partial charge in [0.1, 0.15) is 0 Å². The minimum atomic E-state index is -0.343. The summed E-state index contributed by atoms with van der Waals surface area (Å²) in [6.45, 7) is 4.90. The molecule has 1 heterocycles. The summed E-state index contributed by atoms with van der Waals surface area (Å²) in [5.74, 6) is -0.362. The highest BCUT2D eigenvalue weighted by Gasteiger charge is 2.14. The van der Waals surface area contributed by atoms with Gasteiger partial charge in [0.05, 0.1) is 26.7 Å². The van der Waals surface area contributed by atoms with E-state index in [1.54, 1.807) is 11.9 Å². The molecule has 1 saturated heterocycles. The summed E-state index contributed by atoms with van der Waals surface area (Å²) in [6.07, 6.45) is 0.365. The zero-order valence-corrected chi connectivity index (χ0v) is 11.2. The standard InChI is InChI=1S/C12H22N2O4/c1-13(11(15)3-4-12(16)17-2)5-6-14-7-9-18-10-8-14/h3-10H2,1-2H3. The fraction of sp³-hybridized carbons (Fsp3) is 0.833. The molecule has 1 aliphatic heterocycles. The molecule has 0 spiro atoms. The van der Waals surface area contributed by atoms with Crippen LogP contribution in [0.25, 0.3) is 0 Å². The molecule has 0 atom stereocenters. The summed E-state index contributed by atoms with van der Waals surface area (Å²) in [5, 5.41) is 0. The third-order valence-electron chi connectivity index (χ3n) is 3.05. The third kappa shape index (κ3) is 5.46. The van der Waals surface area contributed by atoms with Crippen LogP contribution in [0.2, 0.25) is 0 Å². The van der Waals surface area contributed by atoms with E-state index in [0.29, 0.717) is 6.54 Å². The van der Waals surface area contributed by atoms with Crippen LogP contribution < -0.4 is 0 Å². The molecule has 1 rings (SSSR count). The van der Waals surface area contributed by atoms with Crippen molar-refractivity contribution in [3.8, 4) is 0 Å². The van der Waals surface area contributed by atoms with E-state index in [0.717, 1.165) is 32.8 Å². The van der Waals surface area contributed by atoms with Gasteiger partial charge in [0, 0.05) is 39.6 Å². The number of hydrogen-bond donors (Lipinski definition) is 0. The van der Waals surface area contributed by atoms with Gasteiger partial charge in [0.2, 0.25) is 5.91 Å². The molecule has 0 N–H and O–H groups in total. The molecule has 0 saturated carbocycles. The van der Waals surface area contributed by atoms with Gasteiger partial charge in [-0.15, -0.1) is 0 Å². The lowest BCUT2D eigenvalue weighted by atomic mass is 10.3. The first-order chi connectivity index (χ1) is 8.63. The van der Waals surface area contributed by atoms with Crippen molar-refractivity contribution >= 4 is 11.9 Å². The number of morpholine rings is 1. The highest BCUT2D eigenvalue weighted by atomic mass is 16.5. The first kappa shape index (κ1) is 14.9. The summed E-state index contributed by atoms with van der Waals surface area (Å²) < 4.78 is 9.76. The van der Waals surface area contributed by atoms with Gasteiger partial charge in [-0.05, 0) is 0 Å². The van der Waals surface area contributed by atoms with Crippen LogP contribution in [0.15, 0.2) is 0 Å². The van der Waals surface area contributed by atoms with Crippen LogP contribution in [0.1, 0.15) is 12.8 Å². The number of esters is 1. The van der Waals surface area contributed by atoms with Crippen LogP contribution in [-0.2, 0) is 19.1 Å². The van der Waals surface area contributed by atoms with Crippen molar-refractivity contribution in [1.82, 2.24) is 9.80 Å². The van der Waals surface area contributed by atoms with Gasteiger partial charge in [-0.1, -0.05) is 0 Å². The lowest BCUT2D eigenvalue weighted by molar-refractivity contribution is -0.143. The maximum absolute atomic E-state index is 11.7. The second-order valence-electron chi connectivity index (χ2n) is 4.35. The molecule has 0 unspecified atom stereocenters. The van der Waals surface area contributed by atoms with E-state index >= 15 is 0 Å². The number of methoxy groups -OCH3 is 1. The quantitative estimate of drug-likeness (QED) is 0.614. The predicted octanol–water partition coefficient (Wildman–Crippen LogP) is -0.270. The van der Waals surface area contributed by atoms with Gasteiger partial charge in [0.15, 0.2) is 0 Å². The van der Waals surface area contributed by atoms with Gasteiger partial charge in [0.25, 0.3) is 0 Å². The van der Waals surface area contributed by atoms with Gasteiger partial charge >= 0.3 is 5.97 Å². The molecule has 1 amide bonds. The lowest BCUT2D eigenvalue weighted by Gasteiger charge is -2.28. The zero-order chi connectivity index (χ0) is 13.4. The van der Waals surface area contributed by atoms with E-state index in [2.05, 4.69) is 9.64 Å². The number of likely N-dealkylation sites (N-methyl/N-ethyl adjacent to an activating group) is 1. The number of carbonyl (C=O) groups excluding carboxylic acids is 2. The zero-order valence-electron chi connectivity index (χ0n) is 11.2. The summed E-state index contributed by atoms with van der Waals surface area (Å²) in [4.78, 5) is 26.6. The maximum Gasteiger partial charge on any atom is 0.306 e. The predicted molar refractivity (Wildman–Crippen MR) is 66.1 cm³/mol. The van der Waals surface area contributed by atoms with Crippen molar-refractivity contribution in [1.29, 1.82) is 0 Å². The van der Waals surface area contributed by atoms with E-state index < -0.39 is 0 Å². The molecule has 0 aromatic carbocycles. The minimum absolute atomic E-state index is 0.0198. The summed E-state index contributed by atoms with van der Waals surface area (Å²) in [5.41, 5.74) is 0. The summed E-state index contributed by atoms with van der Waals surface area (Å²) >= 11 is 0. The van der Waals surface area contributed by atoms with Crippen molar-refractivity contribution in [2.24, 2.45) is 0 Å². The highest BCUT2D eigenvalue weighted by molar-refractivity contribution is 5.81. The Morgan fingerprint density at radius 1 is 1.28 bits per heavy atom. The molecule has 0 aliphatic carbocycles. The highest BCUT2D eigenvalue weighted by Crippen LogP contribution is 2.00. The molecular formula is C12H22N2O4. The molecule has 6 heteroatoms. The number of nitrogens with zero attached hydrogens (tertiary/aromatic N) is 2. The fourth-order valence-corrected chi connectivity index (χ4v) is 1.74. The summed E-state index contributed by atoms with van der Waals surface area (Å²) in [6, 6.07) is 0. The van der Waals surface area contributed by atoms with Crippen molar-refractivity contribution in [2.45, 2.75) is 12.8 Å². The molecule has 0 bridgehead atoms. The number of amides is 1. The number of hydrogen-bond acceptors (Lipinski definition) is 5. The van der Waals surface area contributed by atoms with E-state index in [9.17, 15) is 9.59 Å². The average Bonchev–Trinajstić information content (AvgIpc) is 2.42. The van der Waals surface area contributed by atoms with Crippen LogP contribution in [0.4, 0.5) is 0 Å². The second-order valence-corrected chi connectivity index (χ2v) is 4.35. The molecule has 0 aromatic rings. The number of ether oxygens (including phenoxy) is 2. The van der Waals surface area contributed by atoms with Gasteiger partial charge < -0.3 is 14.4 Å². The Bertz CT molecular complexity index is 277. The van der Waals surface area contributed by atoms with Crippen LogP contribution >= 0.6 is 0 Å². The Kier molecular flexibility index (Phi) is 6.67. The van der Waals surface area contributed by atoms with E-state index in [1.165, 1.54) is 7.11 Å². The smallest absolute Gasteiger partial charge is 0.306 e. The minimum Gasteiger partial charge on any atom is -0.469 e. The van der Waals surface area contributed by atoms with Crippen LogP contribution in [0, 0.1) is 0 Å². The Labute approximate surface area is 108 Å². The normalized spacial score (nSPS) is 16.3. The van der Waals surface area contributed by atoms with Gasteiger partial charge in [-0.3, -0.25) is 14.5 Å². The number of carbonyl (C=O) groups is 2. The molecule has 104 valence electrons.